The highest BCUT2D eigenvalue weighted by molar-refractivity contribution is 5.92. The van der Waals surface area contributed by atoms with Gasteiger partial charge in [-0.25, -0.2) is 14.8 Å². The zero-order valence-corrected chi connectivity index (χ0v) is 14.8. The van der Waals surface area contributed by atoms with Crippen molar-refractivity contribution in [2.24, 2.45) is 0 Å². The van der Waals surface area contributed by atoms with Gasteiger partial charge in [-0.2, -0.15) is 0 Å². The van der Waals surface area contributed by atoms with Crippen LogP contribution in [0.25, 0.3) is 0 Å². The van der Waals surface area contributed by atoms with Crippen LogP contribution in [-0.4, -0.2) is 71.3 Å². The number of carbonyl (C=O) groups is 3. The molecule has 3 rings (SSSR count). The highest BCUT2D eigenvalue weighted by atomic mass is 16.5. The monoisotopic (exact) mass is 369 g/mol. The molecule has 0 saturated carbocycles. The standard InChI is InChI=1S/C18H19N5O4/c1-27-17(26)13-2-4-14(5-3-13)20-18-19-7-6-15(21-18)16(25)23-10-8-22(12-24)9-11-23/h2-7,12H,8-11H2,1H3,(H,19,20,21). The Kier molecular flexibility index (Phi) is 5.60. The van der Waals surface area contributed by atoms with Gasteiger partial charge in [-0.15, -0.1) is 0 Å². The molecular formula is C18H19N5O4. The van der Waals surface area contributed by atoms with Gasteiger partial charge in [0.15, 0.2) is 0 Å². The van der Waals surface area contributed by atoms with Crippen LogP contribution in [0.1, 0.15) is 20.8 Å². The molecule has 140 valence electrons. The molecule has 1 aromatic carbocycles. The third-order valence-electron chi connectivity index (χ3n) is 4.19. The number of ether oxygens (including phenoxy) is 1. The van der Waals surface area contributed by atoms with Crippen molar-refractivity contribution in [3.63, 3.8) is 0 Å². The lowest BCUT2D eigenvalue weighted by molar-refractivity contribution is -0.119. The van der Waals surface area contributed by atoms with E-state index >= 15 is 0 Å². The van der Waals surface area contributed by atoms with Gasteiger partial charge in [-0.3, -0.25) is 9.59 Å². The summed E-state index contributed by atoms with van der Waals surface area (Å²) in [6.07, 6.45) is 2.30. The van der Waals surface area contributed by atoms with Crippen LogP contribution in [0.5, 0.6) is 0 Å². The summed E-state index contributed by atoms with van der Waals surface area (Å²) in [4.78, 5) is 46.5. The molecule has 9 heteroatoms. The SMILES string of the molecule is COC(=O)c1ccc(Nc2nccc(C(=O)N3CCN(C=O)CC3)n2)cc1. The summed E-state index contributed by atoms with van der Waals surface area (Å²) in [5, 5.41) is 3.00. The Bertz CT molecular complexity index is 832. The number of anilines is 2. The van der Waals surface area contributed by atoms with Gasteiger partial charge in [-0.05, 0) is 30.3 Å². The highest BCUT2D eigenvalue weighted by Gasteiger charge is 2.22. The maximum atomic E-state index is 12.6. The maximum absolute atomic E-state index is 12.6. The fraction of sp³-hybridized carbons (Fsp3) is 0.278. The summed E-state index contributed by atoms with van der Waals surface area (Å²) in [6, 6.07) is 8.19. The predicted molar refractivity (Wildman–Crippen MR) is 96.6 cm³/mol. The van der Waals surface area contributed by atoms with Gasteiger partial charge in [0.05, 0.1) is 12.7 Å². The number of aromatic nitrogens is 2. The van der Waals surface area contributed by atoms with Crippen molar-refractivity contribution in [3.8, 4) is 0 Å². The van der Waals surface area contributed by atoms with Crippen molar-refractivity contribution in [2.75, 3.05) is 38.6 Å². The van der Waals surface area contributed by atoms with Gasteiger partial charge in [0.25, 0.3) is 5.91 Å². The highest BCUT2D eigenvalue weighted by Crippen LogP contribution is 2.15. The van der Waals surface area contributed by atoms with Gasteiger partial charge in [0, 0.05) is 38.1 Å². The van der Waals surface area contributed by atoms with Crippen molar-refractivity contribution in [3.05, 3.63) is 47.8 Å². The van der Waals surface area contributed by atoms with Crippen molar-refractivity contribution < 1.29 is 19.1 Å². The fourth-order valence-electron chi connectivity index (χ4n) is 2.67. The van der Waals surface area contributed by atoms with E-state index in [4.69, 9.17) is 0 Å². The second kappa shape index (κ2) is 8.26. The predicted octanol–water partition coefficient (Wildman–Crippen LogP) is 0.921. The Labute approximate surface area is 156 Å². The molecule has 9 nitrogen and oxygen atoms in total. The Balaban J connectivity index is 1.67. The molecule has 2 amide bonds. The Morgan fingerprint density at radius 2 is 1.81 bits per heavy atom. The third kappa shape index (κ3) is 4.38. The molecule has 1 N–H and O–H groups in total. The van der Waals surface area contributed by atoms with E-state index in [0.717, 1.165) is 6.41 Å². The molecule has 0 spiro atoms. The van der Waals surface area contributed by atoms with Crippen LogP contribution < -0.4 is 5.32 Å². The first kappa shape index (κ1) is 18.3. The number of amides is 2. The van der Waals surface area contributed by atoms with Gasteiger partial charge in [0.2, 0.25) is 12.4 Å². The van der Waals surface area contributed by atoms with Gasteiger partial charge in [0.1, 0.15) is 5.69 Å². The lowest BCUT2D eigenvalue weighted by Gasteiger charge is -2.32. The van der Waals surface area contributed by atoms with Crippen LogP contribution in [0, 0.1) is 0 Å². The number of methoxy groups -OCH3 is 1. The lowest BCUT2D eigenvalue weighted by atomic mass is 10.2. The molecule has 0 unspecified atom stereocenters. The Morgan fingerprint density at radius 3 is 2.44 bits per heavy atom. The number of nitrogens with one attached hydrogen (secondary N) is 1. The Hall–Kier alpha value is -3.49. The molecule has 0 atom stereocenters. The van der Waals surface area contributed by atoms with Crippen molar-refractivity contribution in [1.82, 2.24) is 19.8 Å². The van der Waals surface area contributed by atoms with E-state index in [2.05, 4.69) is 20.0 Å². The van der Waals surface area contributed by atoms with E-state index in [1.807, 2.05) is 0 Å². The number of hydrogen-bond acceptors (Lipinski definition) is 7. The fourth-order valence-corrected chi connectivity index (χ4v) is 2.67. The van der Waals surface area contributed by atoms with Crippen LogP contribution in [-0.2, 0) is 9.53 Å². The van der Waals surface area contributed by atoms with Crippen molar-refractivity contribution >= 4 is 29.9 Å². The van der Waals surface area contributed by atoms with Crippen LogP contribution in [0.2, 0.25) is 0 Å². The minimum absolute atomic E-state index is 0.202. The second-order valence-corrected chi connectivity index (χ2v) is 5.89. The van der Waals surface area contributed by atoms with Gasteiger partial charge in [-0.1, -0.05) is 0 Å². The van der Waals surface area contributed by atoms with Gasteiger partial charge < -0.3 is 19.9 Å². The molecule has 1 aliphatic rings. The van der Waals surface area contributed by atoms with Gasteiger partial charge >= 0.3 is 5.97 Å². The van der Waals surface area contributed by atoms with E-state index < -0.39 is 5.97 Å². The smallest absolute Gasteiger partial charge is 0.337 e. The number of carbonyl (C=O) groups excluding carboxylic acids is 3. The first-order chi connectivity index (χ1) is 13.1. The molecule has 2 heterocycles. The summed E-state index contributed by atoms with van der Waals surface area (Å²) in [7, 11) is 1.32. The summed E-state index contributed by atoms with van der Waals surface area (Å²) in [6.45, 7) is 1.97. The van der Waals surface area contributed by atoms with E-state index in [9.17, 15) is 14.4 Å². The molecule has 1 saturated heterocycles. The van der Waals surface area contributed by atoms with E-state index in [-0.39, 0.29) is 17.5 Å². The zero-order chi connectivity index (χ0) is 19.2. The number of nitrogens with zero attached hydrogens (tertiary/aromatic N) is 4. The van der Waals surface area contributed by atoms with Crippen molar-refractivity contribution in [1.29, 1.82) is 0 Å². The molecule has 1 aliphatic heterocycles. The average Bonchev–Trinajstić information content (AvgIpc) is 2.73. The van der Waals surface area contributed by atoms with Crippen molar-refractivity contribution in [2.45, 2.75) is 0 Å². The molecule has 0 radical (unpaired) electrons. The van der Waals surface area contributed by atoms with Crippen LogP contribution >= 0.6 is 0 Å². The Morgan fingerprint density at radius 1 is 1.11 bits per heavy atom. The largest absolute Gasteiger partial charge is 0.465 e. The minimum atomic E-state index is -0.417. The quantitative estimate of drug-likeness (QED) is 0.617. The number of benzene rings is 1. The zero-order valence-electron chi connectivity index (χ0n) is 14.8. The molecule has 1 fully saturated rings. The number of hydrogen-bond donors (Lipinski definition) is 1. The molecule has 0 aliphatic carbocycles. The maximum Gasteiger partial charge on any atom is 0.337 e. The topological polar surface area (TPSA) is 105 Å². The summed E-state index contributed by atoms with van der Waals surface area (Å²) in [5.74, 6) is -0.342. The molecule has 2 aromatic rings. The van der Waals surface area contributed by atoms with E-state index in [1.165, 1.54) is 13.3 Å². The van der Waals surface area contributed by atoms with E-state index in [1.54, 1.807) is 40.1 Å². The summed E-state index contributed by atoms with van der Waals surface area (Å²) >= 11 is 0. The van der Waals surface area contributed by atoms with E-state index in [0.29, 0.717) is 37.4 Å². The van der Waals surface area contributed by atoms with Crippen LogP contribution in [0.15, 0.2) is 36.5 Å². The molecule has 0 bridgehead atoms. The van der Waals surface area contributed by atoms with Crippen LogP contribution in [0.4, 0.5) is 11.6 Å². The summed E-state index contributed by atoms with van der Waals surface area (Å²) < 4.78 is 4.66. The number of rotatable bonds is 5. The number of esters is 1. The first-order valence-corrected chi connectivity index (χ1v) is 8.38. The molecule has 1 aromatic heterocycles. The average molecular weight is 369 g/mol. The number of piperazine rings is 1. The normalized spacial score (nSPS) is 13.8. The lowest BCUT2D eigenvalue weighted by Crippen LogP contribution is -2.48. The molecular weight excluding hydrogens is 350 g/mol. The first-order valence-electron chi connectivity index (χ1n) is 8.38. The molecule has 27 heavy (non-hydrogen) atoms. The summed E-state index contributed by atoms with van der Waals surface area (Å²) in [5.41, 5.74) is 1.38. The van der Waals surface area contributed by atoms with Crippen LogP contribution in [0.3, 0.4) is 0 Å². The third-order valence-corrected chi connectivity index (χ3v) is 4.19. The second-order valence-electron chi connectivity index (χ2n) is 5.89. The minimum Gasteiger partial charge on any atom is -0.465 e.